The van der Waals surface area contributed by atoms with E-state index in [1.807, 2.05) is 38.1 Å². The number of sulfonamides is 1. The van der Waals surface area contributed by atoms with Crippen LogP contribution in [0.4, 0.5) is 4.39 Å². The quantitative estimate of drug-likeness (QED) is 0.814. The Kier molecular flexibility index (Phi) is 5.11. The van der Waals surface area contributed by atoms with Crippen molar-refractivity contribution < 1.29 is 17.6 Å². The molecule has 2 aromatic rings. The van der Waals surface area contributed by atoms with Crippen molar-refractivity contribution >= 4 is 15.9 Å². The van der Waals surface area contributed by atoms with Crippen LogP contribution in [0.3, 0.4) is 0 Å². The zero-order chi connectivity index (χ0) is 18.9. The molecule has 1 unspecified atom stereocenters. The number of benzene rings is 2. The lowest BCUT2D eigenvalue weighted by atomic mass is 10.0. The van der Waals surface area contributed by atoms with Gasteiger partial charge in [0.05, 0.1) is 6.04 Å². The highest BCUT2D eigenvalue weighted by molar-refractivity contribution is 7.89. The van der Waals surface area contributed by atoms with Crippen LogP contribution in [0.15, 0.2) is 47.4 Å². The molecule has 0 aliphatic heterocycles. The number of amides is 1. The number of rotatable bonds is 6. The van der Waals surface area contributed by atoms with Gasteiger partial charge in [-0.25, -0.2) is 17.5 Å². The fourth-order valence-corrected chi connectivity index (χ4v) is 4.17. The average Bonchev–Trinajstić information content (AvgIpc) is 3.38. The molecular weight excluding hydrogens is 355 g/mol. The minimum Gasteiger partial charge on any atom is -0.346 e. The first-order valence-corrected chi connectivity index (χ1v) is 9.94. The summed E-state index contributed by atoms with van der Waals surface area (Å²) in [5.41, 5.74) is 2.10. The molecule has 1 saturated carbocycles. The maximum Gasteiger partial charge on any atom is 0.251 e. The monoisotopic (exact) mass is 376 g/mol. The minimum atomic E-state index is -3.98. The lowest BCUT2D eigenvalue weighted by Crippen LogP contribution is -2.29. The van der Waals surface area contributed by atoms with Crippen LogP contribution in [0.1, 0.15) is 47.3 Å². The molecule has 5 nitrogen and oxygen atoms in total. The summed E-state index contributed by atoms with van der Waals surface area (Å²) in [6.07, 6.45) is 1.49. The molecule has 2 aromatic carbocycles. The lowest BCUT2D eigenvalue weighted by Gasteiger charge is -2.17. The zero-order valence-electron chi connectivity index (χ0n) is 14.6. The average molecular weight is 376 g/mol. The zero-order valence-corrected chi connectivity index (χ0v) is 15.4. The Morgan fingerprint density at radius 3 is 2.54 bits per heavy atom. The lowest BCUT2D eigenvalue weighted by molar-refractivity contribution is 0.0939. The molecule has 0 heterocycles. The van der Waals surface area contributed by atoms with Crippen LogP contribution in [0.25, 0.3) is 0 Å². The Morgan fingerprint density at radius 2 is 1.88 bits per heavy atom. The highest BCUT2D eigenvalue weighted by Gasteiger charge is 2.30. The van der Waals surface area contributed by atoms with E-state index in [1.165, 1.54) is 6.07 Å². The first-order chi connectivity index (χ1) is 12.3. The second-order valence-electron chi connectivity index (χ2n) is 6.59. The Bertz CT molecular complexity index is 940. The molecule has 138 valence electrons. The second kappa shape index (κ2) is 7.17. The van der Waals surface area contributed by atoms with Crippen LogP contribution in [-0.4, -0.2) is 20.4 Å². The van der Waals surface area contributed by atoms with Gasteiger partial charge >= 0.3 is 0 Å². The highest BCUT2D eigenvalue weighted by atomic mass is 32.2. The molecule has 0 radical (unpaired) electrons. The molecule has 1 aliphatic carbocycles. The Labute approximate surface area is 152 Å². The summed E-state index contributed by atoms with van der Waals surface area (Å²) in [5.74, 6) is -1.33. The van der Waals surface area contributed by atoms with E-state index in [4.69, 9.17) is 0 Å². The van der Waals surface area contributed by atoms with Crippen LogP contribution >= 0.6 is 0 Å². The summed E-state index contributed by atoms with van der Waals surface area (Å²) < 4.78 is 41.0. The van der Waals surface area contributed by atoms with Gasteiger partial charge in [-0.2, -0.15) is 0 Å². The van der Waals surface area contributed by atoms with Gasteiger partial charge in [0.2, 0.25) is 10.0 Å². The maximum absolute atomic E-state index is 14.0. The van der Waals surface area contributed by atoms with Crippen molar-refractivity contribution in [1.82, 2.24) is 10.0 Å². The summed E-state index contributed by atoms with van der Waals surface area (Å²) in [7, 11) is -3.98. The predicted molar refractivity (Wildman–Crippen MR) is 96.8 cm³/mol. The molecule has 1 amide bonds. The number of halogens is 1. The molecule has 2 N–H and O–H groups in total. The highest BCUT2D eigenvalue weighted by Crippen LogP contribution is 2.24. The van der Waals surface area contributed by atoms with Crippen LogP contribution in [0.5, 0.6) is 0 Å². The molecule has 3 rings (SSSR count). The predicted octanol–water partition coefficient (Wildman–Crippen LogP) is 3.07. The Balaban J connectivity index is 1.81. The third-order valence-corrected chi connectivity index (χ3v) is 5.92. The van der Waals surface area contributed by atoms with Crippen molar-refractivity contribution in [3.8, 4) is 0 Å². The van der Waals surface area contributed by atoms with Gasteiger partial charge in [-0.05, 0) is 56.0 Å². The van der Waals surface area contributed by atoms with Crippen LogP contribution in [0, 0.1) is 12.7 Å². The molecule has 1 fully saturated rings. The minimum absolute atomic E-state index is 0.100. The fraction of sp³-hybridized carbons (Fsp3) is 0.316. The summed E-state index contributed by atoms with van der Waals surface area (Å²) in [5, 5.41) is 2.83. The molecule has 1 atom stereocenters. The summed E-state index contributed by atoms with van der Waals surface area (Å²) in [6, 6.07) is 10.6. The van der Waals surface area contributed by atoms with E-state index in [9.17, 15) is 17.6 Å². The Morgan fingerprint density at radius 1 is 1.19 bits per heavy atom. The van der Waals surface area contributed by atoms with Gasteiger partial charge in [-0.3, -0.25) is 4.79 Å². The van der Waals surface area contributed by atoms with E-state index >= 15 is 0 Å². The van der Waals surface area contributed by atoms with Crippen LogP contribution in [0.2, 0.25) is 0 Å². The van der Waals surface area contributed by atoms with Crippen molar-refractivity contribution in [1.29, 1.82) is 0 Å². The molecule has 7 heteroatoms. The normalized spacial score (nSPS) is 15.5. The van der Waals surface area contributed by atoms with Gasteiger partial charge in [0.15, 0.2) is 0 Å². The van der Waals surface area contributed by atoms with E-state index in [0.29, 0.717) is 0 Å². The van der Waals surface area contributed by atoms with Crippen molar-refractivity contribution in [2.75, 3.05) is 0 Å². The number of nitrogens with one attached hydrogen (secondary N) is 2. The third-order valence-electron chi connectivity index (χ3n) is 4.38. The third kappa shape index (κ3) is 4.11. The Hall–Kier alpha value is -2.25. The van der Waals surface area contributed by atoms with Gasteiger partial charge in [0.1, 0.15) is 10.7 Å². The molecule has 1 aliphatic rings. The van der Waals surface area contributed by atoms with Gasteiger partial charge in [-0.15, -0.1) is 0 Å². The van der Waals surface area contributed by atoms with Gasteiger partial charge < -0.3 is 5.32 Å². The molecule has 0 spiro atoms. The van der Waals surface area contributed by atoms with E-state index in [1.54, 1.807) is 0 Å². The molecule has 26 heavy (non-hydrogen) atoms. The van der Waals surface area contributed by atoms with Gasteiger partial charge in [0, 0.05) is 11.6 Å². The first kappa shape index (κ1) is 18.5. The van der Waals surface area contributed by atoms with Crippen LogP contribution < -0.4 is 10.0 Å². The maximum atomic E-state index is 14.0. The standard InChI is InChI=1S/C19H21FN2O3S/c1-12-5-3-4-6-16(12)13(2)21-19(23)14-7-10-17(20)18(11-14)26(24,25)22-15-8-9-15/h3-7,10-11,13,15,22H,8-9H2,1-2H3,(H,21,23). The van der Waals surface area contributed by atoms with Crippen molar-refractivity contribution in [3.63, 3.8) is 0 Å². The fourth-order valence-electron chi connectivity index (χ4n) is 2.76. The van der Waals surface area contributed by atoms with Crippen molar-refractivity contribution in [2.24, 2.45) is 0 Å². The summed E-state index contributed by atoms with van der Waals surface area (Å²) >= 11 is 0. The van der Waals surface area contributed by atoms with E-state index in [0.717, 1.165) is 36.1 Å². The summed E-state index contributed by atoms with van der Waals surface area (Å²) in [6.45, 7) is 3.79. The number of carbonyl (C=O) groups excluding carboxylic acids is 1. The molecule has 0 bridgehead atoms. The number of aryl methyl sites for hydroxylation is 1. The number of hydrogen-bond acceptors (Lipinski definition) is 3. The summed E-state index contributed by atoms with van der Waals surface area (Å²) in [4.78, 5) is 12.0. The molecule has 0 saturated heterocycles. The molecule has 0 aromatic heterocycles. The van der Waals surface area contributed by atoms with Crippen LogP contribution in [-0.2, 0) is 10.0 Å². The van der Waals surface area contributed by atoms with Crippen molar-refractivity contribution in [3.05, 3.63) is 65.0 Å². The van der Waals surface area contributed by atoms with Gasteiger partial charge in [-0.1, -0.05) is 24.3 Å². The van der Waals surface area contributed by atoms with E-state index in [2.05, 4.69) is 10.0 Å². The smallest absolute Gasteiger partial charge is 0.251 e. The first-order valence-electron chi connectivity index (χ1n) is 8.46. The van der Waals surface area contributed by atoms with E-state index in [-0.39, 0.29) is 17.6 Å². The van der Waals surface area contributed by atoms with E-state index < -0.39 is 26.6 Å². The number of hydrogen-bond donors (Lipinski definition) is 2. The SMILES string of the molecule is Cc1ccccc1C(C)NC(=O)c1ccc(F)c(S(=O)(=O)NC2CC2)c1. The number of carbonyl (C=O) groups is 1. The van der Waals surface area contributed by atoms with Crippen molar-refractivity contribution in [2.45, 2.75) is 43.7 Å². The largest absolute Gasteiger partial charge is 0.346 e. The second-order valence-corrected chi connectivity index (χ2v) is 8.27. The van der Waals surface area contributed by atoms with Gasteiger partial charge in [0.25, 0.3) is 5.91 Å². The molecular formula is C19H21FN2O3S. The topological polar surface area (TPSA) is 75.3 Å².